The summed E-state index contributed by atoms with van der Waals surface area (Å²) in [5.41, 5.74) is 2.04. The number of benzene rings is 2. The highest BCUT2D eigenvalue weighted by Gasteiger charge is 2.32. The second kappa shape index (κ2) is 8.52. The van der Waals surface area contributed by atoms with Crippen molar-refractivity contribution in [2.24, 2.45) is 0 Å². The lowest BCUT2D eigenvalue weighted by Crippen LogP contribution is -2.46. The molecule has 2 amide bonds. The Morgan fingerprint density at radius 1 is 1.12 bits per heavy atom. The molecule has 136 valence electrons. The first-order chi connectivity index (χ1) is 12.6. The van der Waals surface area contributed by atoms with Gasteiger partial charge in [-0.2, -0.15) is 0 Å². The number of likely N-dealkylation sites (tertiary alicyclic amines) is 1. The second-order valence-electron chi connectivity index (χ2n) is 6.53. The number of amides is 2. The van der Waals surface area contributed by atoms with Gasteiger partial charge in [0.05, 0.1) is 6.04 Å². The Morgan fingerprint density at radius 3 is 2.46 bits per heavy atom. The maximum absolute atomic E-state index is 12.8. The topological polar surface area (TPSA) is 58.6 Å². The molecule has 1 aliphatic heterocycles. The lowest BCUT2D eigenvalue weighted by Gasteiger charge is -2.28. The van der Waals surface area contributed by atoms with E-state index < -0.39 is 12.1 Å². The molecule has 1 aliphatic rings. The van der Waals surface area contributed by atoms with Crippen molar-refractivity contribution >= 4 is 12.0 Å². The van der Waals surface area contributed by atoms with Crippen LogP contribution in [0.1, 0.15) is 36.9 Å². The highest BCUT2D eigenvalue weighted by molar-refractivity contribution is 5.85. The molecule has 1 heterocycles. The summed E-state index contributed by atoms with van der Waals surface area (Å²) in [6.45, 7) is 2.60. The Hall–Kier alpha value is -2.82. The van der Waals surface area contributed by atoms with E-state index in [0.717, 1.165) is 24.0 Å². The van der Waals surface area contributed by atoms with Gasteiger partial charge >= 0.3 is 6.09 Å². The van der Waals surface area contributed by atoms with E-state index in [1.807, 2.05) is 65.6 Å². The quantitative estimate of drug-likeness (QED) is 0.893. The SMILES string of the molecule is C[C@@H](NC(=O)OCc1ccccc1)C(=O)N1CCC[C@@H]1c1ccccc1. The van der Waals surface area contributed by atoms with Crippen LogP contribution in [0.3, 0.4) is 0 Å². The molecule has 0 unspecified atom stereocenters. The highest BCUT2D eigenvalue weighted by Crippen LogP contribution is 2.32. The molecular formula is C21H24N2O3. The molecule has 2 aromatic rings. The zero-order valence-electron chi connectivity index (χ0n) is 14.9. The van der Waals surface area contributed by atoms with Crippen LogP contribution in [-0.4, -0.2) is 29.5 Å². The minimum Gasteiger partial charge on any atom is -0.445 e. The number of ether oxygens (including phenoxy) is 1. The van der Waals surface area contributed by atoms with Gasteiger partial charge < -0.3 is 15.0 Å². The first-order valence-electron chi connectivity index (χ1n) is 8.98. The van der Waals surface area contributed by atoms with Crippen molar-refractivity contribution in [2.45, 2.75) is 38.5 Å². The van der Waals surface area contributed by atoms with Crippen molar-refractivity contribution in [2.75, 3.05) is 6.54 Å². The number of carbonyl (C=O) groups is 2. The van der Waals surface area contributed by atoms with Gasteiger partial charge in [-0.15, -0.1) is 0 Å². The van der Waals surface area contributed by atoms with Gasteiger partial charge in [-0.1, -0.05) is 60.7 Å². The van der Waals surface area contributed by atoms with Gasteiger partial charge in [-0.3, -0.25) is 4.79 Å². The average Bonchev–Trinajstić information content (AvgIpc) is 3.17. The first-order valence-corrected chi connectivity index (χ1v) is 8.98. The molecule has 1 N–H and O–H groups in total. The second-order valence-corrected chi connectivity index (χ2v) is 6.53. The molecule has 1 fully saturated rings. The molecule has 2 aromatic carbocycles. The highest BCUT2D eigenvalue weighted by atomic mass is 16.5. The molecule has 5 nitrogen and oxygen atoms in total. The molecule has 0 bridgehead atoms. The van der Waals surface area contributed by atoms with Gasteiger partial charge in [0, 0.05) is 6.54 Å². The van der Waals surface area contributed by atoms with Crippen molar-refractivity contribution in [3.05, 3.63) is 71.8 Å². The molecule has 2 atom stereocenters. The maximum Gasteiger partial charge on any atom is 0.408 e. The van der Waals surface area contributed by atoms with E-state index in [-0.39, 0.29) is 18.6 Å². The summed E-state index contributed by atoms with van der Waals surface area (Å²) in [6.07, 6.45) is 1.34. The summed E-state index contributed by atoms with van der Waals surface area (Å²) in [5, 5.41) is 2.65. The Balaban J connectivity index is 1.54. The average molecular weight is 352 g/mol. The van der Waals surface area contributed by atoms with Crippen LogP contribution in [-0.2, 0) is 16.1 Å². The number of carbonyl (C=O) groups excluding carboxylic acids is 2. The number of nitrogens with one attached hydrogen (secondary N) is 1. The Morgan fingerprint density at radius 2 is 1.77 bits per heavy atom. The van der Waals surface area contributed by atoms with Crippen LogP contribution in [0.2, 0.25) is 0 Å². The zero-order chi connectivity index (χ0) is 18.4. The summed E-state index contributed by atoms with van der Waals surface area (Å²) in [6, 6.07) is 18.9. The summed E-state index contributed by atoms with van der Waals surface area (Å²) >= 11 is 0. The van der Waals surface area contributed by atoms with Crippen molar-refractivity contribution in [1.82, 2.24) is 10.2 Å². The first kappa shape index (κ1) is 18.0. The number of hydrogen-bond donors (Lipinski definition) is 1. The van der Waals surface area contributed by atoms with E-state index in [9.17, 15) is 9.59 Å². The monoisotopic (exact) mass is 352 g/mol. The lowest BCUT2D eigenvalue weighted by molar-refractivity contribution is -0.133. The Bertz CT molecular complexity index is 733. The molecule has 0 aromatic heterocycles. The van der Waals surface area contributed by atoms with E-state index in [4.69, 9.17) is 4.74 Å². The van der Waals surface area contributed by atoms with Gasteiger partial charge in [0.25, 0.3) is 0 Å². The Labute approximate surface area is 154 Å². The van der Waals surface area contributed by atoms with Crippen molar-refractivity contribution < 1.29 is 14.3 Å². The standard InChI is InChI=1S/C21H24N2O3/c1-16(22-21(25)26-15-17-9-4-2-5-10-17)20(24)23-14-8-13-19(23)18-11-6-3-7-12-18/h2-7,9-12,16,19H,8,13-15H2,1H3,(H,22,25)/t16-,19-/m1/s1. The minimum absolute atomic E-state index is 0.0759. The van der Waals surface area contributed by atoms with Crippen LogP contribution < -0.4 is 5.32 Å². The maximum atomic E-state index is 12.8. The van der Waals surface area contributed by atoms with Crippen LogP contribution in [0.5, 0.6) is 0 Å². The van der Waals surface area contributed by atoms with Crippen LogP contribution in [0, 0.1) is 0 Å². The summed E-state index contributed by atoms with van der Waals surface area (Å²) in [4.78, 5) is 26.6. The molecule has 5 heteroatoms. The number of rotatable bonds is 5. The molecule has 26 heavy (non-hydrogen) atoms. The molecular weight excluding hydrogens is 328 g/mol. The smallest absolute Gasteiger partial charge is 0.408 e. The van der Waals surface area contributed by atoms with Gasteiger partial charge in [0.2, 0.25) is 5.91 Å². The van der Waals surface area contributed by atoms with Gasteiger partial charge in [-0.05, 0) is 30.9 Å². The van der Waals surface area contributed by atoms with Gasteiger partial charge in [-0.25, -0.2) is 4.79 Å². The summed E-state index contributed by atoms with van der Waals surface area (Å²) < 4.78 is 5.20. The van der Waals surface area contributed by atoms with E-state index in [1.54, 1.807) is 6.92 Å². The van der Waals surface area contributed by atoms with Crippen molar-refractivity contribution in [3.63, 3.8) is 0 Å². The third kappa shape index (κ3) is 4.42. The number of alkyl carbamates (subject to hydrolysis) is 1. The van der Waals surface area contributed by atoms with E-state index in [1.165, 1.54) is 0 Å². The van der Waals surface area contributed by atoms with Crippen LogP contribution in [0.25, 0.3) is 0 Å². The summed E-state index contributed by atoms with van der Waals surface area (Å²) in [7, 11) is 0. The molecule has 0 spiro atoms. The van der Waals surface area contributed by atoms with Crippen molar-refractivity contribution in [3.8, 4) is 0 Å². The molecule has 3 rings (SSSR count). The zero-order valence-corrected chi connectivity index (χ0v) is 14.9. The predicted octanol–water partition coefficient (Wildman–Crippen LogP) is 3.67. The molecule has 0 radical (unpaired) electrons. The predicted molar refractivity (Wildman–Crippen MR) is 99.4 cm³/mol. The van der Waals surface area contributed by atoms with Crippen LogP contribution >= 0.6 is 0 Å². The van der Waals surface area contributed by atoms with Crippen LogP contribution in [0.15, 0.2) is 60.7 Å². The fourth-order valence-corrected chi connectivity index (χ4v) is 3.30. The third-order valence-electron chi connectivity index (χ3n) is 4.64. The normalized spacial score (nSPS) is 17.6. The number of nitrogens with zero attached hydrogens (tertiary/aromatic N) is 1. The molecule has 0 saturated carbocycles. The van der Waals surface area contributed by atoms with E-state index in [0.29, 0.717) is 6.54 Å². The fourth-order valence-electron chi connectivity index (χ4n) is 3.30. The van der Waals surface area contributed by atoms with E-state index >= 15 is 0 Å². The minimum atomic E-state index is -0.623. The van der Waals surface area contributed by atoms with Gasteiger partial charge in [0.1, 0.15) is 12.6 Å². The number of hydrogen-bond acceptors (Lipinski definition) is 3. The fraction of sp³-hybridized carbons (Fsp3) is 0.333. The molecule has 0 aliphatic carbocycles. The van der Waals surface area contributed by atoms with Crippen LogP contribution in [0.4, 0.5) is 4.79 Å². The largest absolute Gasteiger partial charge is 0.445 e. The third-order valence-corrected chi connectivity index (χ3v) is 4.64. The van der Waals surface area contributed by atoms with Gasteiger partial charge in [0.15, 0.2) is 0 Å². The summed E-state index contributed by atoms with van der Waals surface area (Å²) in [5.74, 6) is -0.0759. The molecule has 1 saturated heterocycles. The Kier molecular flexibility index (Phi) is 5.89. The lowest BCUT2D eigenvalue weighted by atomic mass is 10.0. The van der Waals surface area contributed by atoms with Crippen molar-refractivity contribution in [1.29, 1.82) is 0 Å². The van der Waals surface area contributed by atoms with E-state index in [2.05, 4.69) is 5.32 Å².